The zero-order chi connectivity index (χ0) is 9.26. The zero-order valence-electron chi connectivity index (χ0n) is 8.83. The number of ether oxygens (including phenoxy) is 1. The summed E-state index contributed by atoms with van der Waals surface area (Å²) >= 11 is 0. The lowest BCUT2D eigenvalue weighted by Gasteiger charge is -2.15. The van der Waals surface area contributed by atoms with Gasteiger partial charge >= 0.3 is 0 Å². The van der Waals surface area contributed by atoms with Gasteiger partial charge in [-0.2, -0.15) is 0 Å². The van der Waals surface area contributed by atoms with Crippen LogP contribution in [-0.2, 0) is 4.74 Å². The summed E-state index contributed by atoms with van der Waals surface area (Å²) in [4.78, 5) is 2.65. The molecule has 0 aromatic carbocycles. The molecule has 1 unspecified atom stereocenters. The molecular formula is C11H21NO. The van der Waals surface area contributed by atoms with Crippen molar-refractivity contribution in [3.63, 3.8) is 0 Å². The lowest BCUT2D eigenvalue weighted by atomic mass is 10.1. The summed E-state index contributed by atoms with van der Waals surface area (Å²) in [6.45, 7) is 7.82. The van der Waals surface area contributed by atoms with Crippen molar-refractivity contribution in [1.82, 2.24) is 4.90 Å². The van der Waals surface area contributed by atoms with Crippen LogP contribution in [0.15, 0.2) is 0 Å². The average molecular weight is 183 g/mol. The molecule has 1 atom stereocenters. The van der Waals surface area contributed by atoms with Crippen LogP contribution in [0.4, 0.5) is 0 Å². The average Bonchev–Trinajstić information content (AvgIpc) is 2.83. The second-order valence-corrected chi connectivity index (χ2v) is 4.76. The van der Waals surface area contributed by atoms with Crippen molar-refractivity contribution in [1.29, 1.82) is 0 Å². The smallest absolute Gasteiger partial charge is 0.0519 e. The number of nitrogens with zero attached hydrogens (tertiary/aromatic N) is 1. The van der Waals surface area contributed by atoms with Gasteiger partial charge in [0.05, 0.1) is 12.7 Å². The summed E-state index contributed by atoms with van der Waals surface area (Å²) < 4.78 is 5.65. The predicted molar refractivity (Wildman–Crippen MR) is 53.8 cm³/mol. The SMILES string of the molecule is CC(C)OCC1CCN(C2CC2)C1. The molecule has 2 nitrogen and oxygen atoms in total. The number of likely N-dealkylation sites (tertiary alicyclic amines) is 1. The summed E-state index contributed by atoms with van der Waals surface area (Å²) in [5.74, 6) is 0.808. The van der Waals surface area contributed by atoms with Crippen LogP contribution in [-0.4, -0.2) is 36.7 Å². The zero-order valence-corrected chi connectivity index (χ0v) is 8.83. The standard InChI is InChI=1S/C11H21NO/c1-9(2)13-8-10-5-6-12(7-10)11-3-4-11/h9-11H,3-8H2,1-2H3. The van der Waals surface area contributed by atoms with Crippen LogP contribution in [0.5, 0.6) is 0 Å². The predicted octanol–water partition coefficient (Wildman–Crippen LogP) is 1.90. The van der Waals surface area contributed by atoms with Crippen LogP contribution in [0, 0.1) is 5.92 Å². The van der Waals surface area contributed by atoms with Gasteiger partial charge in [0.2, 0.25) is 0 Å². The molecule has 1 heterocycles. The fourth-order valence-corrected chi connectivity index (χ4v) is 2.10. The largest absolute Gasteiger partial charge is 0.378 e. The molecule has 2 heteroatoms. The van der Waals surface area contributed by atoms with E-state index in [4.69, 9.17) is 4.74 Å². The van der Waals surface area contributed by atoms with Crippen LogP contribution >= 0.6 is 0 Å². The summed E-state index contributed by atoms with van der Waals surface area (Å²) in [5, 5.41) is 0. The van der Waals surface area contributed by atoms with Gasteiger partial charge in [-0.25, -0.2) is 0 Å². The molecule has 0 aromatic heterocycles. The minimum Gasteiger partial charge on any atom is -0.378 e. The van der Waals surface area contributed by atoms with E-state index >= 15 is 0 Å². The second kappa shape index (κ2) is 3.97. The molecule has 0 aromatic rings. The Labute approximate surface area is 81.3 Å². The number of rotatable bonds is 4. The minimum atomic E-state index is 0.398. The molecule has 0 N–H and O–H groups in total. The Morgan fingerprint density at radius 3 is 2.69 bits per heavy atom. The Morgan fingerprint density at radius 1 is 1.31 bits per heavy atom. The highest BCUT2D eigenvalue weighted by molar-refractivity contribution is 4.89. The van der Waals surface area contributed by atoms with Gasteiger partial charge in [-0.15, -0.1) is 0 Å². The van der Waals surface area contributed by atoms with Crippen LogP contribution < -0.4 is 0 Å². The molecule has 0 amide bonds. The maximum absolute atomic E-state index is 5.65. The Hall–Kier alpha value is -0.0800. The van der Waals surface area contributed by atoms with Crippen LogP contribution in [0.25, 0.3) is 0 Å². The third kappa shape index (κ3) is 2.68. The van der Waals surface area contributed by atoms with Crippen molar-refractivity contribution >= 4 is 0 Å². The van der Waals surface area contributed by atoms with Gasteiger partial charge in [0.1, 0.15) is 0 Å². The van der Waals surface area contributed by atoms with Crippen molar-refractivity contribution in [2.24, 2.45) is 5.92 Å². The van der Waals surface area contributed by atoms with E-state index in [1.165, 1.54) is 32.4 Å². The van der Waals surface area contributed by atoms with Crippen LogP contribution in [0.1, 0.15) is 33.1 Å². The van der Waals surface area contributed by atoms with Crippen molar-refractivity contribution < 1.29 is 4.74 Å². The van der Waals surface area contributed by atoms with Crippen molar-refractivity contribution in [2.75, 3.05) is 19.7 Å². The van der Waals surface area contributed by atoms with Crippen molar-refractivity contribution in [2.45, 2.75) is 45.3 Å². The van der Waals surface area contributed by atoms with E-state index in [9.17, 15) is 0 Å². The molecule has 1 saturated heterocycles. The molecular weight excluding hydrogens is 162 g/mol. The van der Waals surface area contributed by atoms with Crippen molar-refractivity contribution in [3.05, 3.63) is 0 Å². The molecule has 2 fully saturated rings. The third-order valence-electron chi connectivity index (χ3n) is 3.05. The highest BCUT2D eigenvalue weighted by Gasteiger charge is 2.34. The topological polar surface area (TPSA) is 12.5 Å². The second-order valence-electron chi connectivity index (χ2n) is 4.76. The Kier molecular flexibility index (Phi) is 2.89. The van der Waals surface area contributed by atoms with Gasteiger partial charge in [-0.05, 0) is 45.6 Å². The molecule has 1 aliphatic heterocycles. The Balaban J connectivity index is 1.65. The fraction of sp³-hybridized carbons (Fsp3) is 1.00. The van der Waals surface area contributed by atoms with Crippen molar-refractivity contribution in [3.8, 4) is 0 Å². The summed E-state index contributed by atoms with van der Waals surface area (Å²) in [5.41, 5.74) is 0. The maximum Gasteiger partial charge on any atom is 0.0519 e. The van der Waals surface area contributed by atoms with Gasteiger partial charge in [0.15, 0.2) is 0 Å². The van der Waals surface area contributed by atoms with Crippen LogP contribution in [0.2, 0.25) is 0 Å². The quantitative estimate of drug-likeness (QED) is 0.660. The fourth-order valence-electron chi connectivity index (χ4n) is 2.10. The minimum absolute atomic E-state index is 0.398. The van der Waals surface area contributed by atoms with E-state index in [2.05, 4.69) is 18.7 Å². The first kappa shape index (κ1) is 9.47. The Bertz CT molecular complexity index is 165. The van der Waals surface area contributed by atoms with Crippen LogP contribution in [0.3, 0.4) is 0 Å². The summed E-state index contributed by atoms with van der Waals surface area (Å²) in [7, 11) is 0. The number of hydrogen-bond donors (Lipinski definition) is 0. The Morgan fingerprint density at radius 2 is 2.08 bits per heavy atom. The lowest BCUT2D eigenvalue weighted by molar-refractivity contribution is 0.0528. The summed E-state index contributed by atoms with van der Waals surface area (Å²) in [6.07, 6.45) is 4.63. The highest BCUT2D eigenvalue weighted by atomic mass is 16.5. The molecule has 0 spiro atoms. The van der Waals surface area contributed by atoms with E-state index in [-0.39, 0.29) is 0 Å². The molecule has 2 rings (SSSR count). The van der Waals surface area contributed by atoms with Gasteiger partial charge in [0.25, 0.3) is 0 Å². The third-order valence-corrected chi connectivity index (χ3v) is 3.05. The first-order chi connectivity index (χ1) is 6.25. The van der Waals surface area contributed by atoms with Gasteiger partial charge in [-0.3, -0.25) is 0 Å². The van der Waals surface area contributed by atoms with E-state index in [0.717, 1.165) is 18.6 Å². The first-order valence-corrected chi connectivity index (χ1v) is 5.61. The lowest BCUT2D eigenvalue weighted by Crippen LogP contribution is -2.24. The first-order valence-electron chi connectivity index (χ1n) is 5.61. The highest BCUT2D eigenvalue weighted by Crippen LogP contribution is 2.31. The molecule has 0 radical (unpaired) electrons. The summed E-state index contributed by atoms with van der Waals surface area (Å²) in [6, 6.07) is 0.948. The molecule has 1 saturated carbocycles. The van der Waals surface area contributed by atoms with Gasteiger partial charge in [0, 0.05) is 12.6 Å². The maximum atomic E-state index is 5.65. The molecule has 76 valence electrons. The molecule has 13 heavy (non-hydrogen) atoms. The normalized spacial score (nSPS) is 30.2. The van der Waals surface area contributed by atoms with E-state index < -0.39 is 0 Å². The molecule has 1 aliphatic carbocycles. The van der Waals surface area contributed by atoms with E-state index in [1.807, 2.05) is 0 Å². The van der Waals surface area contributed by atoms with E-state index in [0.29, 0.717) is 6.10 Å². The number of hydrogen-bond acceptors (Lipinski definition) is 2. The monoisotopic (exact) mass is 183 g/mol. The molecule has 0 bridgehead atoms. The van der Waals surface area contributed by atoms with E-state index in [1.54, 1.807) is 0 Å². The van der Waals surface area contributed by atoms with Gasteiger partial charge < -0.3 is 9.64 Å². The molecule has 2 aliphatic rings. The van der Waals surface area contributed by atoms with Gasteiger partial charge in [-0.1, -0.05) is 0 Å².